The topological polar surface area (TPSA) is 35.6 Å². The molecule has 3 aromatic carbocycles. The Hall–Kier alpha value is -2.95. The molecular weight excluding hydrogens is 502 g/mol. The predicted octanol–water partition coefficient (Wildman–Crippen LogP) is 6.83. The first kappa shape index (κ1) is 29.5. The highest BCUT2D eigenvalue weighted by Crippen LogP contribution is 2.53. The van der Waals surface area contributed by atoms with Crippen molar-refractivity contribution in [3.63, 3.8) is 0 Å². The summed E-state index contributed by atoms with van der Waals surface area (Å²) in [6.07, 6.45) is 9.62. The SMILES string of the molecule is C1C2CC3CC1CC(C2)C3.CN(C)C(=O)C(c1ccccc1)c1ccccc1.c1ccc(CN2CCNCC2)cc1. The molecule has 1 saturated heterocycles. The first-order valence-electron chi connectivity index (χ1n) is 15.8. The van der Waals surface area contributed by atoms with Crippen LogP contribution < -0.4 is 5.32 Å². The average molecular weight is 552 g/mol. The molecule has 218 valence electrons. The number of piperazine rings is 1. The summed E-state index contributed by atoms with van der Waals surface area (Å²) in [5.74, 6) is 4.59. The molecule has 3 aromatic rings. The van der Waals surface area contributed by atoms with E-state index < -0.39 is 0 Å². The zero-order valence-corrected chi connectivity index (χ0v) is 25.1. The largest absolute Gasteiger partial charge is 0.348 e. The Morgan fingerprint density at radius 2 is 1.07 bits per heavy atom. The van der Waals surface area contributed by atoms with Crippen molar-refractivity contribution in [2.24, 2.45) is 23.7 Å². The molecule has 4 bridgehead atoms. The summed E-state index contributed by atoms with van der Waals surface area (Å²) in [5.41, 5.74) is 3.48. The van der Waals surface area contributed by atoms with Crippen LogP contribution in [0.3, 0.4) is 0 Å². The average Bonchev–Trinajstić information content (AvgIpc) is 2.99. The molecule has 5 fully saturated rings. The Bertz CT molecular complexity index is 1080. The molecule has 1 N–H and O–H groups in total. The van der Waals surface area contributed by atoms with Crippen LogP contribution in [0, 0.1) is 23.7 Å². The molecule has 4 aliphatic carbocycles. The molecule has 1 amide bonds. The molecule has 0 aromatic heterocycles. The van der Waals surface area contributed by atoms with E-state index in [1.807, 2.05) is 60.7 Å². The second-order valence-corrected chi connectivity index (χ2v) is 12.9. The van der Waals surface area contributed by atoms with Crippen molar-refractivity contribution >= 4 is 5.91 Å². The van der Waals surface area contributed by atoms with Crippen LogP contribution in [0.1, 0.15) is 61.1 Å². The van der Waals surface area contributed by atoms with Crippen LogP contribution in [-0.2, 0) is 11.3 Å². The lowest BCUT2D eigenvalue weighted by Gasteiger charge is -2.49. The first-order chi connectivity index (χ1) is 20.0. The number of benzene rings is 3. The number of amides is 1. The van der Waals surface area contributed by atoms with Crippen LogP contribution >= 0.6 is 0 Å². The van der Waals surface area contributed by atoms with Crippen molar-refractivity contribution in [3.8, 4) is 0 Å². The molecule has 5 aliphatic rings. The van der Waals surface area contributed by atoms with E-state index >= 15 is 0 Å². The Morgan fingerprint density at radius 3 is 1.46 bits per heavy atom. The van der Waals surface area contributed by atoms with E-state index in [0.29, 0.717) is 0 Å². The number of carbonyl (C=O) groups is 1. The van der Waals surface area contributed by atoms with E-state index in [-0.39, 0.29) is 11.8 Å². The van der Waals surface area contributed by atoms with Crippen LogP contribution in [0.5, 0.6) is 0 Å². The third kappa shape index (κ3) is 8.53. The zero-order chi connectivity index (χ0) is 28.4. The van der Waals surface area contributed by atoms with E-state index in [1.165, 1.54) is 42.3 Å². The van der Waals surface area contributed by atoms with Gasteiger partial charge in [-0.3, -0.25) is 9.69 Å². The quantitative estimate of drug-likeness (QED) is 0.378. The fraction of sp³-hybridized carbons (Fsp3) is 0.486. The minimum Gasteiger partial charge on any atom is -0.348 e. The van der Waals surface area contributed by atoms with Gasteiger partial charge < -0.3 is 10.2 Å². The van der Waals surface area contributed by atoms with Gasteiger partial charge in [0.2, 0.25) is 5.91 Å². The number of hydrogen-bond donors (Lipinski definition) is 1. The lowest BCUT2D eigenvalue weighted by molar-refractivity contribution is -0.129. The van der Waals surface area contributed by atoms with Gasteiger partial charge in [0.15, 0.2) is 0 Å². The standard InChI is InChI=1S/C16H17NO.C11H16N2.C10H16/c1-17(2)16(18)15(13-9-5-3-6-10-13)14-11-7-4-8-12-14;1-2-4-11(5-3-1)10-13-8-6-12-7-9-13;1-7-2-9-4-8(1)5-10(3-7)6-9/h3-12,15H,1-2H3;1-5,12H,6-10H2;7-10H,1-6H2. The molecule has 4 heteroatoms. The summed E-state index contributed by atoms with van der Waals surface area (Å²) in [6.45, 7) is 5.71. The van der Waals surface area contributed by atoms with E-state index in [9.17, 15) is 4.79 Å². The van der Waals surface area contributed by atoms with Gasteiger partial charge in [-0.2, -0.15) is 0 Å². The molecule has 0 atom stereocenters. The van der Waals surface area contributed by atoms with Crippen LogP contribution in [0.15, 0.2) is 91.0 Å². The van der Waals surface area contributed by atoms with Crippen LogP contribution in [0.2, 0.25) is 0 Å². The Morgan fingerprint density at radius 1 is 0.683 bits per heavy atom. The number of hydrogen-bond acceptors (Lipinski definition) is 3. The summed E-state index contributed by atoms with van der Waals surface area (Å²) in [5, 5.41) is 3.36. The maximum atomic E-state index is 12.4. The molecule has 1 aliphatic heterocycles. The molecule has 1 heterocycles. The Kier molecular flexibility index (Phi) is 10.7. The summed E-state index contributed by atoms with van der Waals surface area (Å²) in [7, 11) is 3.59. The van der Waals surface area contributed by atoms with Crippen molar-refractivity contribution in [2.75, 3.05) is 40.3 Å². The number of carbonyl (C=O) groups excluding carboxylic acids is 1. The molecule has 8 rings (SSSR count). The van der Waals surface area contributed by atoms with Gasteiger partial charge in [0.25, 0.3) is 0 Å². The number of rotatable bonds is 5. The molecular formula is C37H49N3O. The minimum atomic E-state index is -0.220. The van der Waals surface area contributed by atoms with Crippen molar-refractivity contribution in [2.45, 2.75) is 51.0 Å². The predicted molar refractivity (Wildman–Crippen MR) is 170 cm³/mol. The van der Waals surface area contributed by atoms with Crippen LogP contribution in [0.4, 0.5) is 0 Å². The van der Waals surface area contributed by atoms with E-state index in [0.717, 1.165) is 30.8 Å². The molecule has 0 radical (unpaired) electrons. The second kappa shape index (κ2) is 14.8. The van der Waals surface area contributed by atoms with Gasteiger partial charge in [0, 0.05) is 46.8 Å². The van der Waals surface area contributed by atoms with Crippen molar-refractivity contribution in [1.29, 1.82) is 0 Å². The second-order valence-electron chi connectivity index (χ2n) is 12.9. The summed E-state index contributed by atoms with van der Waals surface area (Å²) >= 11 is 0. The van der Waals surface area contributed by atoms with E-state index in [4.69, 9.17) is 0 Å². The minimum absolute atomic E-state index is 0.104. The van der Waals surface area contributed by atoms with E-state index in [2.05, 4.69) is 40.5 Å². The third-order valence-electron chi connectivity index (χ3n) is 9.41. The lowest BCUT2D eigenvalue weighted by atomic mass is 9.56. The smallest absolute Gasteiger partial charge is 0.234 e. The molecule has 41 heavy (non-hydrogen) atoms. The van der Waals surface area contributed by atoms with Crippen LogP contribution in [-0.4, -0.2) is 56.0 Å². The number of nitrogens with zero attached hydrogens (tertiary/aromatic N) is 2. The first-order valence-corrected chi connectivity index (χ1v) is 15.8. The van der Waals surface area contributed by atoms with Gasteiger partial charge in [-0.15, -0.1) is 0 Å². The maximum Gasteiger partial charge on any atom is 0.234 e. The van der Waals surface area contributed by atoms with Gasteiger partial charge in [-0.05, 0) is 78.9 Å². The van der Waals surface area contributed by atoms with Crippen molar-refractivity contribution < 1.29 is 4.79 Å². The van der Waals surface area contributed by atoms with Crippen LogP contribution in [0.25, 0.3) is 0 Å². The third-order valence-corrected chi connectivity index (χ3v) is 9.41. The monoisotopic (exact) mass is 551 g/mol. The highest BCUT2D eigenvalue weighted by molar-refractivity contribution is 5.86. The zero-order valence-electron chi connectivity index (χ0n) is 25.1. The Labute approximate surface area is 248 Å². The number of likely N-dealkylation sites (N-methyl/N-ethyl adjacent to an activating group) is 1. The Balaban J connectivity index is 0.000000128. The molecule has 0 unspecified atom stereocenters. The van der Waals surface area contributed by atoms with Gasteiger partial charge >= 0.3 is 0 Å². The summed E-state index contributed by atoms with van der Waals surface area (Å²) < 4.78 is 0. The van der Waals surface area contributed by atoms with Gasteiger partial charge in [0.1, 0.15) is 0 Å². The highest BCUT2D eigenvalue weighted by atomic mass is 16.2. The molecule has 4 nitrogen and oxygen atoms in total. The van der Waals surface area contributed by atoms with E-state index in [1.54, 1.807) is 57.5 Å². The normalized spacial score (nSPS) is 24.6. The summed E-state index contributed by atoms with van der Waals surface area (Å²) in [4.78, 5) is 16.5. The van der Waals surface area contributed by atoms with Crippen molar-refractivity contribution in [1.82, 2.24) is 15.1 Å². The van der Waals surface area contributed by atoms with Gasteiger partial charge in [0.05, 0.1) is 5.92 Å². The number of nitrogens with one attached hydrogen (secondary N) is 1. The highest BCUT2D eigenvalue weighted by Gasteiger charge is 2.41. The molecule has 0 spiro atoms. The fourth-order valence-electron chi connectivity index (χ4n) is 7.72. The van der Waals surface area contributed by atoms with Gasteiger partial charge in [-0.25, -0.2) is 0 Å². The van der Waals surface area contributed by atoms with Gasteiger partial charge in [-0.1, -0.05) is 91.0 Å². The molecule has 4 saturated carbocycles. The maximum absolute atomic E-state index is 12.4. The van der Waals surface area contributed by atoms with Crippen molar-refractivity contribution in [3.05, 3.63) is 108 Å². The summed E-state index contributed by atoms with van der Waals surface area (Å²) in [6, 6.07) is 30.5. The fourth-order valence-corrected chi connectivity index (χ4v) is 7.72. The lowest BCUT2D eigenvalue weighted by Crippen LogP contribution is -2.42.